The minimum Gasteiger partial charge on any atom is -0.493 e. The molecule has 0 radical (unpaired) electrons. The first kappa shape index (κ1) is 24.4. The monoisotopic (exact) mass is 502 g/mol. The van der Waals surface area contributed by atoms with Crippen molar-refractivity contribution in [3.8, 4) is 28.7 Å². The fourth-order valence-corrected chi connectivity index (χ4v) is 4.76. The van der Waals surface area contributed by atoms with Crippen molar-refractivity contribution in [1.82, 2.24) is 4.57 Å². The molecule has 2 aromatic carbocycles. The van der Waals surface area contributed by atoms with Gasteiger partial charge in [-0.3, -0.25) is 9.59 Å². The summed E-state index contributed by atoms with van der Waals surface area (Å²) in [5, 5.41) is 0. The maximum atomic E-state index is 13.2. The molecule has 0 fully saturated rings. The molecule has 0 saturated carbocycles. The zero-order valence-electron chi connectivity index (χ0n) is 19.9. The van der Waals surface area contributed by atoms with E-state index in [1.54, 1.807) is 19.1 Å². The number of hydrogen-bond donors (Lipinski definition) is 0. The molecule has 10 nitrogen and oxygen atoms in total. The molecule has 0 bridgehead atoms. The summed E-state index contributed by atoms with van der Waals surface area (Å²) in [5.74, 6) is 1.47. The van der Waals surface area contributed by atoms with Gasteiger partial charge in [-0.15, -0.1) is 0 Å². The number of fused-ring (bicyclic) bond motifs is 2. The van der Waals surface area contributed by atoms with Gasteiger partial charge < -0.3 is 33.0 Å². The number of methoxy groups -OCH3 is 3. The predicted octanol–water partition coefficient (Wildman–Crippen LogP) is 3.19. The molecule has 186 valence electrons. The number of amides is 1. The highest BCUT2D eigenvalue weighted by Crippen LogP contribution is 2.38. The zero-order chi connectivity index (χ0) is 24.9. The average molecular weight is 503 g/mol. The van der Waals surface area contributed by atoms with E-state index in [-0.39, 0.29) is 24.5 Å². The SMILES string of the molecule is CCOC(=O)CCn1c(=NC(=O)c2cc(OC)c(OC)c(OC)c2)sc2cc3c(cc21)OCCO3. The molecule has 0 unspecified atom stereocenters. The highest BCUT2D eigenvalue weighted by atomic mass is 32.1. The molecule has 4 rings (SSSR count). The Morgan fingerprint density at radius 1 is 1.00 bits per heavy atom. The van der Waals surface area contributed by atoms with Crippen LogP contribution in [0.5, 0.6) is 28.7 Å². The Morgan fingerprint density at radius 2 is 1.66 bits per heavy atom. The Kier molecular flexibility index (Phi) is 7.45. The lowest BCUT2D eigenvalue weighted by Crippen LogP contribution is -2.20. The first-order chi connectivity index (χ1) is 17.0. The first-order valence-corrected chi connectivity index (χ1v) is 11.8. The van der Waals surface area contributed by atoms with Crippen molar-refractivity contribution in [2.24, 2.45) is 4.99 Å². The molecule has 0 saturated heterocycles. The van der Waals surface area contributed by atoms with Crippen LogP contribution in [0.1, 0.15) is 23.7 Å². The van der Waals surface area contributed by atoms with E-state index in [0.29, 0.717) is 53.4 Å². The topological polar surface area (TPSA) is 107 Å². The molecule has 3 aromatic rings. The number of rotatable bonds is 8. The molecule has 1 amide bonds. The van der Waals surface area contributed by atoms with Gasteiger partial charge in [0, 0.05) is 24.2 Å². The predicted molar refractivity (Wildman–Crippen MR) is 128 cm³/mol. The van der Waals surface area contributed by atoms with Gasteiger partial charge in [-0.25, -0.2) is 0 Å². The largest absolute Gasteiger partial charge is 0.493 e. The van der Waals surface area contributed by atoms with Crippen LogP contribution in [-0.4, -0.2) is 57.6 Å². The van der Waals surface area contributed by atoms with Gasteiger partial charge in [0.15, 0.2) is 27.8 Å². The van der Waals surface area contributed by atoms with E-state index in [1.165, 1.54) is 32.7 Å². The lowest BCUT2D eigenvalue weighted by Gasteiger charge is -2.18. The van der Waals surface area contributed by atoms with E-state index >= 15 is 0 Å². The fourth-order valence-electron chi connectivity index (χ4n) is 3.70. The molecule has 1 aliphatic heterocycles. The lowest BCUT2D eigenvalue weighted by atomic mass is 10.1. The number of aromatic nitrogens is 1. The van der Waals surface area contributed by atoms with Gasteiger partial charge in [0.25, 0.3) is 5.91 Å². The van der Waals surface area contributed by atoms with E-state index in [1.807, 2.05) is 16.7 Å². The average Bonchev–Trinajstić information content (AvgIpc) is 3.20. The van der Waals surface area contributed by atoms with Crippen LogP contribution in [0.2, 0.25) is 0 Å². The quantitative estimate of drug-likeness (QED) is 0.433. The maximum absolute atomic E-state index is 13.2. The van der Waals surface area contributed by atoms with Crippen LogP contribution in [0.15, 0.2) is 29.3 Å². The summed E-state index contributed by atoms with van der Waals surface area (Å²) < 4.78 is 35.2. The van der Waals surface area contributed by atoms with Crippen molar-refractivity contribution in [2.45, 2.75) is 19.9 Å². The second-order valence-corrected chi connectivity index (χ2v) is 8.39. The fraction of sp³-hybridized carbons (Fsp3) is 0.375. The summed E-state index contributed by atoms with van der Waals surface area (Å²) >= 11 is 1.31. The van der Waals surface area contributed by atoms with E-state index in [2.05, 4.69) is 4.99 Å². The zero-order valence-corrected chi connectivity index (χ0v) is 20.7. The van der Waals surface area contributed by atoms with Gasteiger partial charge in [0.2, 0.25) is 5.75 Å². The minimum atomic E-state index is -0.502. The molecule has 35 heavy (non-hydrogen) atoms. The summed E-state index contributed by atoms with van der Waals surface area (Å²) in [6.45, 7) is 3.24. The van der Waals surface area contributed by atoms with Gasteiger partial charge in [-0.1, -0.05) is 11.3 Å². The highest BCUT2D eigenvalue weighted by Gasteiger charge is 2.20. The van der Waals surface area contributed by atoms with E-state index < -0.39 is 5.91 Å². The standard InChI is InChI=1S/C24H26N2O8S/c1-5-32-21(27)6-7-26-15-12-16-17(34-9-8-33-16)13-20(15)35-24(26)25-23(28)14-10-18(29-2)22(31-4)19(11-14)30-3/h10-13H,5-9H2,1-4H3. The molecule has 11 heteroatoms. The number of nitrogens with zero attached hydrogens (tertiary/aromatic N) is 2. The number of thiazole rings is 1. The van der Waals surface area contributed by atoms with Crippen LogP contribution in [0.3, 0.4) is 0 Å². The third kappa shape index (κ3) is 5.04. The summed E-state index contributed by atoms with van der Waals surface area (Å²) in [5.41, 5.74) is 1.04. The van der Waals surface area contributed by atoms with E-state index in [9.17, 15) is 9.59 Å². The summed E-state index contributed by atoms with van der Waals surface area (Å²) in [4.78, 5) is 30.1. The number of benzene rings is 2. The molecule has 2 heterocycles. The smallest absolute Gasteiger partial charge is 0.307 e. The van der Waals surface area contributed by atoms with Crippen molar-refractivity contribution in [1.29, 1.82) is 0 Å². The molecule has 0 spiro atoms. The molecule has 0 aliphatic carbocycles. The number of carbonyl (C=O) groups is 2. The van der Waals surface area contributed by atoms with Crippen LogP contribution in [0.4, 0.5) is 0 Å². The van der Waals surface area contributed by atoms with Crippen molar-refractivity contribution < 1.29 is 38.0 Å². The van der Waals surface area contributed by atoms with Crippen LogP contribution in [0.25, 0.3) is 10.2 Å². The van der Waals surface area contributed by atoms with Crippen LogP contribution in [-0.2, 0) is 16.1 Å². The minimum absolute atomic E-state index is 0.125. The molecule has 1 aliphatic rings. The van der Waals surface area contributed by atoms with Gasteiger partial charge >= 0.3 is 5.97 Å². The number of aryl methyl sites for hydroxylation is 1. The molecular formula is C24H26N2O8S. The van der Waals surface area contributed by atoms with E-state index in [4.69, 9.17) is 28.4 Å². The van der Waals surface area contributed by atoms with Crippen molar-refractivity contribution in [3.63, 3.8) is 0 Å². The molecule has 0 N–H and O–H groups in total. The molecule has 0 atom stereocenters. The molecule has 1 aromatic heterocycles. The lowest BCUT2D eigenvalue weighted by molar-refractivity contribution is -0.143. The second kappa shape index (κ2) is 10.7. The number of hydrogen-bond acceptors (Lipinski definition) is 9. The van der Waals surface area contributed by atoms with Gasteiger partial charge in [0.05, 0.1) is 44.6 Å². The van der Waals surface area contributed by atoms with Gasteiger partial charge in [-0.2, -0.15) is 4.99 Å². The van der Waals surface area contributed by atoms with Crippen molar-refractivity contribution in [3.05, 3.63) is 34.6 Å². The van der Waals surface area contributed by atoms with Crippen LogP contribution >= 0.6 is 11.3 Å². The van der Waals surface area contributed by atoms with Gasteiger partial charge in [-0.05, 0) is 19.1 Å². The first-order valence-electron chi connectivity index (χ1n) is 11.0. The Balaban J connectivity index is 1.81. The Bertz CT molecular complexity index is 1300. The van der Waals surface area contributed by atoms with Gasteiger partial charge in [0.1, 0.15) is 13.2 Å². The third-order valence-electron chi connectivity index (χ3n) is 5.30. The van der Waals surface area contributed by atoms with Crippen LogP contribution in [0, 0.1) is 0 Å². The second-order valence-electron chi connectivity index (χ2n) is 7.39. The van der Waals surface area contributed by atoms with Crippen LogP contribution < -0.4 is 28.5 Å². The molecular weight excluding hydrogens is 476 g/mol. The number of esters is 1. The summed E-state index contributed by atoms with van der Waals surface area (Å²) in [6.07, 6.45) is 0.125. The van der Waals surface area contributed by atoms with Crippen molar-refractivity contribution >= 4 is 33.4 Å². The van der Waals surface area contributed by atoms with Crippen molar-refractivity contribution in [2.75, 3.05) is 41.2 Å². The third-order valence-corrected chi connectivity index (χ3v) is 6.34. The number of carbonyl (C=O) groups excluding carboxylic acids is 2. The Morgan fingerprint density at radius 3 is 2.26 bits per heavy atom. The summed E-state index contributed by atoms with van der Waals surface area (Å²) in [7, 11) is 4.44. The Hall–Kier alpha value is -3.73. The summed E-state index contributed by atoms with van der Waals surface area (Å²) in [6, 6.07) is 6.79. The number of ether oxygens (including phenoxy) is 6. The highest BCUT2D eigenvalue weighted by molar-refractivity contribution is 7.16. The van der Waals surface area contributed by atoms with E-state index in [0.717, 1.165) is 10.2 Å². The Labute approximate surface area is 205 Å². The normalized spacial score (nSPS) is 13.0. The maximum Gasteiger partial charge on any atom is 0.307 e.